The van der Waals surface area contributed by atoms with Crippen LogP contribution in [-0.2, 0) is 9.53 Å². The first-order chi connectivity index (χ1) is 10.5. The van der Waals surface area contributed by atoms with Gasteiger partial charge < -0.3 is 15.0 Å². The Labute approximate surface area is 133 Å². The summed E-state index contributed by atoms with van der Waals surface area (Å²) in [5, 5.41) is 3.00. The summed E-state index contributed by atoms with van der Waals surface area (Å²) in [7, 11) is 0. The summed E-state index contributed by atoms with van der Waals surface area (Å²) in [4.78, 5) is 13.5. The molecule has 3 atom stereocenters. The summed E-state index contributed by atoms with van der Waals surface area (Å²) < 4.78 is 5.71. The summed E-state index contributed by atoms with van der Waals surface area (Å²) in [5.41, 5.74) is 2.20. The van der Waals surface area contributed by atoms with Gasteiger partial charge in [0.25, 0.3) is 5.91 Å². The molecule has 122 valence electrons. The molecule has 0 radical (unpaired) electrons. The van der Waals surface area contributed by atoms with Gasteiger partial charge in [0.2, 0.25) is 0 Å². The highest BCUT2D eigenvalue weighted by Gasteiger charge is 2.27. The molecule has 1 aliphatic rings. The van der Waals surface area contributed by atoms with Crippen LogP contribution < -0.4 is 10.2 Å². The van der Waals surface area contributed by atoms with Crippen molar-refractivity contribution in [2.24, 2.45) is 0 Å². The molecule has 22 heavy (non-hydrogen) atoms. The third kappa shape index (κ3) is 4.82. The number of morpholine rings is 1. The molecule has 1 aromatic rings. The van der Waals surface area contributed by atoms with Crippen LogP contribution in [0.1, 0.15) is 45.6 Å². The minimum atomic E-state index is 0.0765. The van der Waals surface area contributed by atoms with Crippen LogP contribution in [0.25, 0.3) is 0 Å². The molecule has 0 aromatic heterocycles. The van der Waals surface area contributed by atoms with E-state index in [1.54, 1.807) is 0 Å². The van der Waals surface area contributed by atoms with E-state index in [2.05, 4.69) is 45.1 Å². The maximum absolute atomic E-state index is 12.2. The van der Waals surface area contributed by atoms with Gasteiger partial charge in [0, 0.05) is 5.69 Å². The second-order valence-electron chi connectivity index (χ2n) is 6.57. The van der Waals surface area contributed by atoms with Crippen LogP contribution in [0, 0.1) is 0 Å². The van der Waals surface area contributed by atoms with Gasteiger partial charge in [0.05, 0.1) is 0 Å². The van der Waals surface area contributed by atoms with Crippen molar-refractivity contribution in [1.29, 1.82) is 0 Å². The maximum Gasteiger partial charge on any atom is 0.279 e. The van der Waals surface area contributed by atoms with E-state index in [0.717, 1.165) is 25.2 Å². The topological polar surface area (TPSA) is 42.8 Å². The number of carbonyl (C=O) groups is 1. The number of amides is 1. The molecule has 2 N–H and O–H groups in total. The Morgan fingerprint density at radius 1 is 1.27 bits per heavy atom. The number of benzene rings is 1. The standard InChI is InChI=1S/C18H28N2O2/c1-5-13(2)16-6-8-17(9-7-16)19-18(21)12-20-10-14(3)22-15(4)11-20/h6-9,13-15H,5,10-12H2,1-4H3,(H,19,21)/p+1/t13-,14-,15-/m1/s1. The van der Waals surface area contributed by atoms with Gasteiger partial charge in [-0.25, -0.2) is 0 Å². The third-order valence-corrected chi connectivity index (χ3v) is 4.40. The van der Waals surface area contributed by atoms with Crippen LogP contribution in [0.5, 0.6) is 0 Å². The number of ether oxygens (including phenoxy) is 1. The van der Waals surface area contributed by atoms with Gasteiger partial charge in [0.1, 0.15) is 25.3 Å². The first kappa shape index (κ1) is 17.0. The summed E-state index contributed by atoms with van der Waals surface area (Å²) in [6.07, 6.45) is 1.57. The largest absolute Gasteiger partial charge is 0.364 e. The summed E-state index contributed by atoms with van der Waals surface area (Å²) in [5.74, 6) is 0.637. The van der Waals surface area contributed by atoms with Gasteiger partial charge in [-0.05, 0) is 43.9 Å². The molecular weight excluding hydrogens is 276 g/mol. The number of hydrogen-bond donors (Lipinski definition) is 2. The normalized spacial score (nSPS) is 26.5. The minimum Gasteiger partial charge on any atom is -0.364 e. The Morgan fingerprint density at radius 3 is 2.41 bits per heavy atom. The molecule has 1 amide bonds. The van der Waals surface area contributed by atoms with Crippen molar-refractivity contribution in [3.8, 4) is 0 Å². The first-order valence-corrected chi connectivity index (χ1v) is 8.36. The zero-order valence-corrected chi connectivity index (χ0v) is 14.2. The number of hydrogen-bond acceptors (Lipinski definition) is 2. The molecule has 1 fully saturated rings. The second-order valence-corrected chi connectivity index (χ2v) is 6.57. The van der Waals surface area contributed by atoms with E-state index in [9.17, 15) is 4.79 Å². The molecule has 0 aliphatic carbocycles. The van der Waals surface area contributed by atoms with Crippen molar-refractivity contribution in [3.05, 3.63) is 29.8 Å². The highest BCUT2D eigenvalue weighted by atomic mass is 16.5. The van der Waals surface area contributed by atoms with Crippen LogP contribution in [0.2, 0.25) is 0 Å². The Kier molecular flexibility index (Phi) is 5.98. The van der Waals surface area contributed by atoms with E-state index < -0.39 is 0 Å². The van der Waals surface area contributed by atoms with E-state index in [1.807, 2.05) is 12.1 Å². The minimum absolute atomic E-state index is 0.0765. The molecule has 1 saturated heterocycles. The van der Waals surface area contributed by atoms with Crippen LogP contribution in [0.3, 0.4) is 0 Å². The van der Waals surface area contributed by atoms with Gasteiger partial charge in [-0.15, -0.1) is 0 Å². The van der Waals surface area contributed by atoms with Crippen molar-refractivity contribution >= 4 is 11.6 Å². The average Bonchev–Trinajstić information content (AvgIpc) is 2.46. The molecule has 0 unspecified atom stereocenters. The lowest BCUT2D eigenvalue weighted by Crippen LogP contribution is -3.16. The molecule has 1 aliphatic heterocycles. The quantitative estimate of drug-likeness (QED) is 0.871. The lowest BCUT2D eigenvalue weighted by molar-refractivity contribution is -0.907. The van der Waals surface area contributed by atoms with Crippen molar-refractivity contribution in [3.63, 3.8) is 0 Å². The van der Waals surface area contributed by atoms with Crippen LogP contribution >= 0.6 is 0 Å². The zero-order valence-electron chi connectivity index (χ0n) is 14.2. The Morgan fingerprint density at radius 2 is 1.86 bits per heavy atom. The molecule has 1 heterocycles. The lowest BCUT2D eigenvalue weighted by atomic mass is 9.99. The summed E-state index contributed by atoms with van der Waals surface area (Å²) in [6.45, 7) is 10.8. The number of nitrogens with one attached hydrogen (secondary N) is 2. The van der Waals surface area contributed by atoms with Crippen LogP contribution in [0.4, 0.5) is 5.69 Å². The van der Waals surface area contributed by atoms with E-state index in [4.69, 9.17) is 4.74 Å². The van der Waals surface area contributed by atoms with E-state index >= 15 is 0 Å². The fraction of sp³-hybridized carbons (Fsp3) is 0.611. The Bertz CT molecular complexity index is 476. The summed E-state index contributed by atoms with van der Waals surface area (Å²) in [6, 6.07) is 8.21. The molecule has 0 saturated carbocycles. The predicted octanol–water partition coefficient (Wildman–Crippen LogP) is 1.83. The molecule has 0 bridgehead atoms. The van der Waals surface area contributed by atoms with E-state index in [-0.39, 0.29) is 18.1 Å². The zero-order chi connectivity index (χ0) is 16.1. The second kappa shape index (κ2) is 7.75. The average molecular weight is 305 g/mol. The van der Waals surface area contributed by atoms with Crippen molar-refractivity contribution in [1.82, 2.24) is 0 Å². The fourth-order valence-electron chi connectivity index (χ4n) is 3.10. The SMILES string of the molecule is CC[C@@H](C)c1ccc(NC(=O)C[NH+]2C[C@@H](C)O[C@H](C)C2)cc1. The molecule has 2 rings (SSSR count). The Hall–Kier alpha value is -1.39. The first-order valence-electron chi connectivity index (χ1n) is 8.36. The fourth-order valence-corrected chi connectivity index (χ4v) is 3.10. The molecule has 4 nitrogen and oxygen atoms in total. The lowest BCUT2D eigenvalue weighted by Gasteiger charge is -2.31. The molecule has 0 spiro atoms. The van der Waals surface area contributed by atoms with Gasteiger partial charge in [-0.2, -0.15) is 0 Å². The van der Waals surface area contributed by atoms with Crippen molar-refractivity contribution < 1.29 is 14.4 Å². The number of anilines is 1. The van der Waals surface area contributed by atoms with Crippen molar-refractivity contribution in [2.45, 2.75) is 52.2 Å². The smallest absolute Gasteiger partial charge is 0.279 e. The van der Waals surface area contributed by atoms with Gasteiger partial charge >= 0.3 is 0 Å². The number of quaternary nitrogens is 1. The number of rotatable bonds is 5. The molecular formula is C18H29N2O2+. The predicted molar refractivity (Wildman–Crippen MR) is 89.4 cm³/mol. The molecule has 1 aromatic carbocycles. The summed E-state index contributed by atoms with van der Waals surface area (Å²) >= 11 is 0. The maximum atomic E-state index is 12.2. The van der Waals surface area contributed by atoms with Crippen LogP contribution in [-0.4, -0.2) is 37.7 Å². The van der Waals surface area contributed by atoms with E-state index in [0.29, 0.717) is 12.5 Å². The highest BCUT2D eigenvalue weighted by Crippen LogP contribution is 2.20. The van der Waals surface area contributed by atoms with Crippen LogP contribution in [0.15, 0.2) is 24.3 Å². The van der Waals surface area contributed by atoms with Crippen molar-refractivity contribution in [2.75, 3.05) is 25.0 Å². The number of carbonyl (C=O) groups excluding carboxylic acids is 1. The third-order valence-electron chi connectivity index (χ3n) is 4.40. The monoisotopic (exact) mass is 305 g/mol. The Balaban J connectivity index is 1.86. The van der Waals surface area contributed by atoms with E-state index in [1.165, 1.54) is 10.5 Å². The van der Waals surface area contributed by atoms with Gasteiger partial charge in [-0.1, -0.05) is 26.0 Å². The van der Waals surface area contributed by atoms with Gasteiger partial charge in [-0.3, -0.25) is 4.79 Å². The molecule has 4 heteroatoms. The van der Waals surface area contributed by atoms with Gasteiger partial charge in [0.15, 0.2) is 6.54 Å². The highest BCUT2D eigenvalue weighted by molar-refractivity contribution is 5.91.